The molecule has 1 aliphatic rings. The molecule has 3 atom stereocenters. The number of hydrogen-bond acceptors (Lipinski definition) is 5. The molecule has 0 saturated carbocycles. The Morgan fingerprint density at radius 1 is 0.966 bits per heavy atom. The van der Waals surface area contributed by atoms with Crippen molar-refractivity contribution in [3.63, 3.8) is 0 Å². The smallest absolute Gasteiger partial charge is 0.268 e. The van der Waals surface area contributed by atoms with E-state index in [0.717, 1.165) is 0 Å². The molecule has 0 aliphatic heterocycles. The summed E-state index contributed by atoms with van der Waals surface area (Å²) in [6, 6.07) is 13.4. The van der Waals surface area contributed by atoms with Crippen molar-refractivity contribution >= 4 is 26.7 Å². The maximum Gasteiger partial charge on any atom is 0.268 e. The second-order valence-electron chi connectivity index (χ2n) is 7.39. The first kappa shape index (κ1) is 19.7. The Balaban J connectivity index is 2.05. The van der Waals surface area contributed by atoms with Crippen molar-refractivity contribution in [2.75, 3.05) is 14.2 Å². The van der Waals surface area contributed by atoms with Crippen LogP contribution in [0.5, 0.6) is 5.75 Å². The molecule has 3 aromatic rings. The second kappa shape index (κ2) is 7.00. The highest BCUT2D eigenvalue weighted by Crippen LogP contribution is 2.43. The molecule has 0 spiro atoms. The molecule has 7 heteroatoms. The Morgan fingerprint density at radius 2 is 1.62 bits per heavy atom. The standard InChI is InChI=1S/C22H23NO5S/c1-13-14(2)22(28-4)21(24)19-17-7-5-6-8-18(17)23(20(13)19)29(25,26)16-11-9-15(27-3)10-12-16/h5-14,22H,1-4H3/t13-,14-,22-/m1/s1. The zero-order chi connectivity index (χ0) is 20.9. The zero-order valence-corrected chi connectivity index (χ0v) is 17.6. The van der Waals surface area contributed by atoms with E-state index >= 15 is 0 Å². The topological polar surface area (TPSA) is 74.6 Å². The van der Waals surface area contributed by atoms with Gasteiger partial charge < -0.3 is 9.47 Å². The minimum absolute atomic E-state index is 0.142. The molecule has 29 heavy (non-hydrogen) atoms. The van der Waals surface area contributed by atoms with Crippen molar-refractivity contribution < 1.29 is 22.7 Å². The number of rotatable bonds is 4. The second-order valence-corrected chi connectivity index (χ2v) is 9.18. The molecule has 4 rings (SSSR count). The van der Waals surface area contributed by atoms with E-state index < -0.39 is 16.1 Å². The van der Waals surface area contributed by atoms with Gasteiger partial charge in [0.15, 0.2) is 5.78 Å². The summed E-state index contributed by atoms with van der Waals surface area (Å²) >= 11 is 0. The third-order valence-corrected chi connectivity index (χ3v) is 7.66. The summed E-state index contributed by atoms with van der Waals surface area (Å²) in [5, 5.41) is 0.630. The lowest BCUT2D eigenvalue weighted by Gasteiger charge is -2.33. The molecule has 0 N–H and O–H groups in total. The first-order valence-electron chi connectivity index (χ1n) is 9.43. The van der Waals surface area contributed by atoms with Crippen LogP contribution in [0.15, 0.2) is 53.4 Å². The fourth-order valence-corrected chi connectivity index (χ4v) is 5.85. The molecule has 0 fully saturated rings. The Kier molecular flexibility index (Phi) is 4.75. The maximum absolute atomic E-state index is 13.7. The molecule has 152 valence electrons. The lowest BCUT2D eigenvalue weighted by molar-refractivity contribution is 0.0344. The van der Waals surface area contributed by atoms with Crippen LogP contribution in [0.3, 0.4) is 0 Å². The van der Waals surface area contributed by atoms with Crippen LogP contribution in [0.1, 0.15) is 35.8 Å². The van der Waals surface area contributed by atoms with Crippen molar-refractivity contribution in [2.45, 2.75) is 30.8 Å². The minimum atomic E-state index is -3.92. The van der Waals surface area contributed by atoms with Crippen molar-refractivity contribution in [1.29, 1.82) is 0 Å². The van der Waals surface area contributed by atoms with Gasteiger partial charge in [-0.05, 0) is 36.2 Å². The molecule has 0 unspecified atom stereocenters. The van der Waals surface area contributed by atoms with E-state index in [1.54, 1.807) is 30.3 Å². The average molecular weight is 413 g/mol. The molecular weight excluding hydrogens is 390 g/mol. The largest absolute Gasteiger partial charge is 0.497 e. The van der Waals surface area contributed by atoms with Crippen LogP contribution >= 0.6 is 0 Å². The predicted octanol–water partition coefficient (Wildman–Crippen LogP) is 3.84. The number of methoxy groups -OCH3 is 2. The number of ether oxygens (including phenoxy) is 2. The molecule has 1 aromatic heterocycles. The maximum atomic E-state index is 13.7. The highest BCUT2D eigenvalue weighted by Gasteiger charge is 2.43. The van der Waals surface area contributed by atoms with Gasteiger partial charge in [0.1, 0.15) is 11.9 Å². The molecule has 6 nitrogen and oxygen atoms in total. The van der Waals surface area contributed by atoms with E-state index in [9.17, 15) is 13.2 Å². The van der Waals surface area contributed by atoms with Crippen molar-refractivity contribution in [3.05, 3.63) is 59.8 Å². The van der Waals surface area contributed by atoms with Gasteiger partial charge in [-0.25, -0.2) is 12.4 Å². The number of Topliss-reactive ketones (excluding diaryl/α,β-unsaturated/α-hetero) is 1. The van der Waals surface area contributed by atoms with Crippen LogP contribution in [0.2, 0.25) is 0 Å². The van der Waals surface area contributed by atoms with E-state index in [1.807, 2.05) is 19.9 Å². The number of carbonyl (C=O) groups excluding carboxylic acids is 1. The summed E-state index contributed by atoms with van der Waals surface area (Å²) in [6.07, 6.45) is -0.597. The third kappa shape index (κ3) is 2.80. The SMILES string of the molecule is COc1ccc(S(=O)(=O)n2c3c(c4ccccc42)C(=O)[C@H](OC)[C@H](C)[C@H]3C)cc1. The van der Waals surface area contributed by atoms with Crippen molar-refractivity contribution in [3.8, 4) is 5.75 Å². The van der Waals surface area contributed by atoms with E-state index in [4.69, 9.17) is 9.47 Å². The molecule has 0 amide bonds. The number of para-hydroxylation sites is 1. The number of fused-ring (bicyclic) bond motifs is 3. The molecule has 1 aliphatic carbocycles. The molecule has 1 heterocycles. The van der Waals surface area contributed by atoms with Crippen LogP contribution in [0.25, 0.3) is 10.9 Å². The van der Waals surface area contributed by atoms with Gasteiger partial charge in [-0.15, -0.1) is 0 Å². The molecule has 2 aromatic carbocycles. The highest BCUT2D eigenvalue weighted by atomic mass is 32.2. The Bertz CT molecular complexity index is 1190. The van der Waals surface area contributed by atoms with Crippen LogP contribution in [0, 0.1) is 5.92 Å². The van der Waals surface area contributed by atoms with Crippen LogP contribution < -0.4 is 4.74 Å². The van der Waals surface area contributed by atoms with Crippen LogP contribution in [-0.2, 0) is 14.8 Å². The first-order valence-corrected chi connectivity index (χ1v) is 10.9. The van der Waals surface area contributed by atoms with Crippen LogP contribution in [-0.4, -0.2) is 38.5 Å². The number of hydrogen-bond donors (Lipinski definition) is 0. The summed E-state index contributed by atoms with van der Waals surface area (Å²) < 4.78 is 39.3. The van der Waals surface area contributed by atoms with E-state index in [-0.39, 0.29) is 22.5 Å². The van der Waals surface area contributed by atoms with Gasteiger partial charge in [0.05, 0.1) is 23.1 Å². The van der Waals surface area contributed by atoms with Gasteiger partial charge in [0, 0.05) is 24.1 Å². The lowest BCUT2D eigenvalue weighted by atomic mass is 9.77. The van der Waals surface area contributed by atoms with Crippen LogP contribution in [0.4, 0.5) is 0 Å². The van der Waals surface area contributed by atoms with E-state index in [0.29, 0.717) is 27.9 Å². The van der Waals surface area contributed by atoms with Gasteiger partial charge in [-0.2, -0.15) is 0 Å². The molecule has 0 bridgehead atoms. The van der Waals surface area contributed by atoms with Gasteiger partial charge in [-0.3, -0.25) is 4.79 Å². The lowest BCUT2D eigenvalue weighted by Crippen LogP contribution is -2.39. The monoisotopic (exact) mass is 413 g/mol. The summed E-state index contributed by atoms with van der Waals surface area (Å²) in [5.74, 6) is 0.0543. The summed E-state index contributed by atoms with van der Waals surface area (Å²) in [6.45, 7) is 3.86. The highest BCUT2D eigenvalue weighted by molar-refractivity contribution is 7.90. The van der Waals surface area contributed by atoms with E-state index in [1.165, 1.54) is 30.3 Å². The molecular formula is C22H23NO5S. The summed E-state index contributed by atoms with van der Waals surface area (Å²) in [7, 11) is -0.879. The number of carbonyl (C=O) groups is 1. The predicted molar refractivity (Wildman–Crippen MR) is 110 cm³/mol. The fourth-order valence-electron chi connectivity index (χ4n) is 4.23. The first-order chi connectivity index (χ1) is 13.8. The zero-order valence-electron chi connectivity index (χ0n) is 16.7. The number of ketones is 1. The molecule has 0 saturated heterocycles. The number of aromatic nitrogens is 1. The van der Waals surface area contributed by atoms with Gasteiger partial charge in [-0.1, -0.05) is 32.0 Å². The number of nitrogens with zero attached hydrogens (tertiary/aromatic N) is 1. The van der Waals surface area contributed by atoms with Gasteiger partial charge in [0.2, 0.25) is 0 Å². The minimum Gasteiger partial charge on any atom is -0.497 e. The Labute approximate surface area is 170 Å². The van der Waals surface area contributed by atoms with E-state index in [2.05, 4.69) is 0 Å². The Hall–Kier alpha value is -2.64. The third-order valence-electron chi connectivity index (χ3n) is 5.92. The quantitative estimate of drug-likeness (QED) is 0.650. The van der Waals surface area contributed by atoms with Gasteiger partial charge in [0.25, 0.3) is 10.0 Å². The van der Waals surface area contributed by atoms with Gasteiger partial charge >= 0.3 is 0 Å². The van der Waals surface area contributed by atoms with Crippen molar-refractivity contribution in [2.24, 2.45) is 5.92 Å². The van der Waals surface area contributed by atoms with Crippen molar-refractivity contribution in [1.82, 2.24) is 3.97 Å². The average Bonchev–Trinajstić information content (AvgIpc) is 3.09. The summed E-state index contributed by atoms with van der Waals surface area (Å²) in [4.78, 5) is 13.4. The fraction of sp³-hybridized carbons (Fsp3) is 0.318. The molecule has 0 radical (unpaired) electrons. The normalized spacial score (nSPS) is 21.9. The number of benzene rings is 2. The Morgan fingerprint density at radius 3 is 2.24 bits per heavy atom. The summed E-state index contributed by atoms with van der Waals surface area (Å²) in [5.41, 5.74) is 1.46.